The van der Waals surface area contributed by atoms with Crippen molar-refractivity contribution < 1.29 is 9.90 Å². The molecule has 3 N–H and O–H groups in total. The standard InChI is InChI=1S/C11H13N3O2/c12-5-6-14-11(16)8-13-7-9-1-3-10(15)4-2-9/h1-4,13,15H,6-8H2,(H,14,16). The van der Waals surface area contributed by atoms with Crippen molar-refractivity contribution in [1.82, 2.24) is 10.6 Å². The Morgan fingerprint density at radius 2 is 2.06 bits per heavy atom. The van der Waals surface area contributed by atoms with E-state index in [0.717, 1.165) is 5.56 Å². The predicted octanol–water partition coefficient (Wildman–Crippen LogP) is 0.122. The number of phenols is 1. The Kier molecular flexibility index (Phi) is 4.83. The highest BCUT2D eigenvalue weighted by atomic mass is 16.3. The second-order valence-electron chi connectivity index (χ2n) is 3.20. The molecule has 0 aliphatic carbocycles. The fourth-order valence-electron chi connectivity index (χ4n) is 1.13. The normalized spacial score (nSPS) is 9.44. The van der Waals surface area contributed by atoms with Gasteiger partial charge in [0.05, 0.1) is 12.6 Å². The molecule has 1 amide bonds. The highest BCUT2D eigenvalue weighted by molar-refractivity contribution is 5.78. The van der Waals surface area contributed by atoms with Crippen LogP contribution in [0.15, 0.2) is 24.3 Å². The van der Waals surface area contributed by atoms with Crippen LogP contribution in [-0.2, 0) is 11.3 Å². The molecule has 0 spiro atoms. The van der Waals surface area contributed by atoms with Crippen LogP contribution in [0.3, 0.4) is 0 Å². The largest absolute Gasteiger partial charge is 0.508 e. The quantitative estimate of drug-likeness (QED) is 0.614. The zero-order valence-corrected chi connectivity index (χ0v) is 8.73. The molecule has 1 aromatic rings. The van der Waals surface area contributed by atoms with Gasteiger partial charge in [0.1, 0.15) is 12.3 Å². The van der Waals surface area contributed by atoms with E-state index in [4.69, 9.17) is 10.4 Å². The van der Waals surface area contributed by atoms with E-state index in [0.29, 0.717) is 6.54 Å². The Morgan fingerprint density at radius 1 is 1.38 bits per heavy atom. The van der Waals surface area contributed by atoms with Crippen LogP contribution in [-0.4, -0.2) is 24.1 Å². The number of amides is 1. The molecule has 5 heteroatoms. The summed E-state index contributed by atoms with van der Waals surface area (Å²) < 4.78 is 0. The van der Waals surface area contributed by atoms with Gasteiger partial charge in [0.25, 0.3) is 0 Å². The van der Waals surface area contributed by atoms with Crippen LogP contribution in [0.25, 0.3) is 0 Å². The average molecular weight is 219 g/mol. The molecule has 1 rings (SSSR count). The monoisotopic (exact) mass is 219 g/mol. The number of nitrogens with zero attached hydrogens (tertiary/aromatic N) is 1. The van der Waals surface area contributed by atoms with Crippen molar-refractivity contribution in [3.05, 3.63) is 29.8 Å². The van der Waals surface area contributed by atoms with Crippen LogP contribution < -0.4 is 10.6 Å². The van der Waals surface area contributed by atoms with Crippen molar-refractivity contribution in [2.75, 3.05) is 13.1 Å². The van der Waals surface area contributed by atoms with Gasteiger partial charge >= 0.3 is 0 Å². The molecule has 0 fully saturated rings. The molecular weight excluding hydrogens is 206 g/mol. The number of carbonyl (C=O) groups is 1. The zero-order valence-electron chi connectivity index (χ0n) is 8.73. The van der Waals surface area contributed by atoms with Crippen LogP contribution in [0.5, 0.6) is 5.75 Å². The highest BCUT2D eigenvalue weighted by Gasteiger charge is 1.99. The average Bonchev–Trinajstić information content (AvgIpc) is 2.29. The van der Waals surface area contributed by atoms with E-state index in [1.807, 2.05) is 6.07 Å². The van der Waals surface area contributed by atoms with Crippen molar-refractivity contribution in [2.45, 2.75) is 6.54 Å². The minimum absolute atomic E-state index is 0.0275. The molecule has 0 aromatic heterocycles. The van der Waals surface area contributed by atoms with Crippen molar-refractivity contribution in [1.29, 1.82) is 5.26 Å². The molecule has 0 saturated carbocycles. The second-order valence-corrected chi connectivity index (χ2v) is 3.20. The van der Waals surface area contributed by atoms with Gasteiger partial charge in [-0.2, -0.15) is 5.26 Å². The Morgan fingerprint density at radius 3 is 2.69 bits per heavy atom. The molecule has 0 atom stereocenters. The predicted molar refractivity (Wildman–Crippen MR) is 58.4 cm³/mol. The maximum absolute atomic E-state index is 11.1. The van der Waals surface area contributed by atoms with E-state index in [-0.39, 0.29) is 24.7 Å². The van der Waals surface area contributed by atoms with Gasteiger partial charge in [0.15, 0.2) is 0 Å². The number of carbonyl (C=O) groups excluding carboxylic acids is 1. The summed E-state index contributed by atoms with van der Waals surface area (Å²) in [5, 5.41) is 22.6. The molecule has 5 nitrogen and oxygen atoms in total. The maximum atomic E-state index is 11.1. The summed E-state index contributed by atoms with van der Waals surface area (Å²) in [5.74, 6) is 0.0100. The topological polar surface area (TPSA) is 85.2 Å². The Bertz CT molecular complexity index is 381. The third kappa shape index (κ3) is 4.44. The van der Waals surface area contributed by atoms with Crippen molar-refractivity contribution in [2.24, 2.45) is 0 Å². The van der Waals surface area contributed by atoms with Crippen molar-refractivity contribution >= 4 is 5.91 Å². The van der Waals surface area contributed by atoms with Gasteiger partial charge in [-0.15, -0.1) is 0 Å². The first-order chi connectivity index (χ1) is 7.72. The van der Waals surface area contributed by atoms with Gasteiger partial charge in [0, 0.05) is 6.54 Å². The number of hydrogen-bond acceptors (Lipinski definition) is 4. The van der Waals surface area contributed by atoms with Gasteiger partial charge in [-0.05, 0) is 17.7 Å². The smallest absolute Gasteiger partial charge is 0.234 e. The van der Waals surface area contributed by atoms with Crippen LogP contribution in [0.2, 0.25) is 0 Å². The van der Waals surface area contributed by atoms with Crippen molar-refractivity contribution in [3.63, 3.8) is 0 Å². The summed E-state index contributed by atoms with van der Waals surface area (Å²) in [6.07, 6.45) is 0. The van der Waals surface area contributed by atoms with E-state index in [1.165, 1.54) is 0 Å². The van der Waals surface area contributed by atoms with Gasteiger partial charge < -0.3 is 15.7 Å². The summed E-state index contributed by atoms with van der Waals surface area (Å²) in [6, 6.07) is 8.55. The molecular formula is C11H13N3O2. The number of benzene rings is 1. The van der Waals surface area contributed by atoms with Gasteiger partial charge in [-0.1, -0.05) is 12.1 Å². The van der Waals surface area contributed by atoms with E-state index in [1.54, 1.807) is 24.3 Å². The summed E-state index contributed by atoms with van der Waals surface area (Å²) in [7, 11) is 0. The highest BCUT2D eigenvalue weighted by Crippen LogP contribution is 2.08. The lowest BCUT2D eigenvalue weighted by molar-refractivity contribution is -0.120. The van der Waals surface area contributed by atoms with Crippen LogP contribution >= 0.6 is 0 Å². The van der Waals surface area contributed by atoms with Gasteiger partial charge in [0.2, 0.25) is 5.91 Å². The van der Waals surface area contributed by atoms with E-state index >= 15 is 0 Å². The SMILES string of the molecule is N#CCNC(=O)CNCc1ccc(O)cc1. The van der Waals surface area contributed by atoms with E-state index in [9.17, 15) is 4.79 Å². The minimum Gasteiger partial charge on any atom is -0.508 e. The van der Waals surface area contributed by atoms with Gasteiger partial charge in [-0.25, -0.2) is 0 Å². The molecule has 0 heterocycles. The van der Waals surface area contributed by atoms with E-state index < -0.39 is 0 Å². The van der Waals surface area contributed by atoms with E-state index in [2.05, 4.69) is 10.6 Å². The minimum atomic E-state index is -0.208. The lowest BCUT2D eigenvalue weighted by Crippen LogP contribution is -2.33. The van der Waals surface area contributed by atoms with Crippen LogP contribution in [0.4, 0.5) is 0 Å². The fraction of sp³-hybridized carbons (Fsp3) is 0.273. The lowest BCUT2D eigenvalue weighted by Gasteiger charge is -2.04. The Labute approximate surface area is 93.7 Å². The number of hydrogen-bond donors (Lipinski definition) is 3. The summed E-state index contributed by atoms with van der Waals surface area (Å²) >= 11 is 0. The third-order valence-electron chi connectivity index (χ3n) is 1.92. The molecule has 16 heavy (non-hydrogen) atoms. The molecule has 84 valence electrons. The van der Waals surface area contributed by atoms with Crippen molar-refractivity contribution in [3.8, 4) is 11.8 Å². The molecule has 0 saturated heterocycles. The molecule has 0 aliphatic heterocycles. The fourth-order valence-corrected chi connectivity index (χ4v) is 1.13. The first-order valence-corrected chi connectivity index (χ1v) is 4.84. The van der Waals surface area contributed by atoms with Crippen LogP contribution in [0, 0.1) is 11.3 Å². The Balaban J connectivity index is 2.23. The van der Waals surface area contributed by atoms with Gasteiger partial charge in [-0.3, -0.25) is 4.79 Å². The number of nitriles is 1. The summed E-state index contributed by atoms with van der Waals surface area (Å²) in [5.41, 5.74) is 0.978. The molecule has 0 unspecified atom stereocenters. The first-order valence-electron chi connectivity index (χ1n) is 4.84. The second kappa shape index (κ2) is 6.43. The lowest BCUT2D eigenvalue weighted by atomic mass is 10.2. The molecule has 0 bridgehead atoms. The maximum Gasteiger partial charge on any atom is 0.234 e. The molecule has 0 aliphatic rings. The first kappa shape index (κ1) is 12.0. The number of rotatable bonds is 5. The molecule has 0 radical (unpaired) electrons. The number of phenolic OH excluding ortho intramolecular Hbond substituents is 1. The summed E-state index contributed by atoms with van der Waals surface area (Å²) in [6.45, 7) is 0.739. The Hall–Kier alpha value is -2.06. The third-order valence-corrected chi connectivity index (χ3v) is 1.92. The zero-order chi connectivity index (χ0) is 11.8. The molecule has 1 aromatic carbocycles. The summed E-state index contributed by atoms with van der Waals surface area (Å²) in [4.78, 5) is 11.1. The number of aromatic hydroxyl groups is 1. The van der Waals surface area contributed by atoms with Crippen LogP contribution in [0.1, 0.15) is 5.56 Å². The number of nitrogens with one attached hydrogen (secondary N) is 2.